The maximum atomic E-state index is 12.9. The van der Waals surface area contributed by atoms with E-state index in [0.717, 1.165) is 5.57 Å². The van der Waals surface area contributed by atoms with Crippen molar-refractivity contribution in [1.29, 1.82) is 0 Å². The first kappa shape index (κ1) is 35.8. The molecule has 4 atom stereocenters. The minimum absolute atomic E-state index is 0.0119. The van der Waals surface area contributed by atoms with E-state index in [0.29, 0.717) is 25.7 Å². The average molecular weight is 584 g/mol. The molecule has 1 aliphatic rings. The number of ether oxygens (including phenoxy) is 3. The van der Waals surface area contributed by atoms with Crippen molar-refractivity contribution in [2.75, 3.05) is 7.11 Å². The molecular weight excluding hydrogens is 538 g/mol. The van der Waals surface area contributed by atoms with Gasteiger partial charge in [0.15, 0.2) is 5.76 Å². The third kappa shape index (κ3) is 13.9. The highest BCUT2D eigenvalue weighted by molar-refractivity contribution is 5.93. The van der Waals surface area contributed by atoms with Crippen LogP contribution in [0.4, 0.5) is 4.79 Å². The van der Waals surface area contributed by atoms with Crippen LogP contribution in [0, 0.1) is 23.2 Å². The Balaban J connectivity index is 2.70. The number of cyclic esters (lactones) is 1. The molecule has 1 rings (SSSR count). The van der Waals surface area contributed by atoms with Gasteiger partial charge in [-0.15, -0.1) is 5.92 Å². The van der Waals surface area contributed by atoms with E-state index in [4.69, 9.17) is 19.9 Å². The lowest BCUT2D eigenvalue weighted by atomic mass is 9.86. The third-order valence-electron chi connectivity index (χ3n) is 6.24. The van der Waals surface area contributed by atoms with Crippen LogP contribution in [-0.4, -0.2) is 49.2 Å². The van der Waals surface area contributed by atoms with E-state index in [1.807, 2.05) is 46.8 Å². The van der Waals surface area contributed by atoms with Crippen molar-refractivity contribution in [3.8, 4) is 11.8 Å². The molecular formula is C32H45N3O7. The lowest BCUT2D eigenvalue weighted by Crippen LogP contribution is -2.52. The van der Waals surface area contributed by atoms with Crippen LogP contribution in [0.25, 0.3) is 0 Å². The molecule has 0 radical (unpaired) electrons. The van der Waals surface area contributed by atoms with Crippen LogP contribution in [0.3, 0.4) is 0 Å². The Kier molecular flexibility index (Phi) is 15.5. The zero-order chi connectivity index (χ0) is 31.7. The van der Waals surface area contributed by atoms with Gasteiger partial charge in [0.05, 0.1) is 7.11 Å². The molecule has 0 saturated heterocycles. The summed E-state index contributed by atoms with van der Waals surface area (Å²) in [7, 11) is 1.45. The summed E-state index contributed by atoms with van der Waals surface area (Å²) in [6.07, 6.45) is 13.7. The molecule has 0 aromatic rings. The Morgan fingerprint density at radius 1 is 1.24 bits per heavy atom. The quantitative estimate of drug-likeness (QED) is 0.126. The first-order valence-corrected chi connectivity index (χ1v) is 13.9. The Bertz CT molecular complexity index is 1160. The number of rotatable bonds is 13. The van der Waals surface area contributed by atoms with Crippen LogP contribution in [0.5, 0.6) is 0 Å². The summed E-state index contributed by atoms with van der Waals surface area (Å²) in [4.78, 5) is 48.6. The van der Waals surface area contributed by atoms with Crippen LogP contribution in [0.2, 0.25) is 0 Å². The fourth-order valence-electron chi connectivity index (χ4n) is 4.04. The van der Waals surface area contributed by atoms with Crippen molar-refractivity contribution in [2.24, 2.45) is 17.1 Å². The highest BCUT2D eigenvalue weighted by Gasteiger charge is 2.32. The highest BCUT2D eigenvalue weighted by atomic mass is 16.6. The van der Waals surface area contributed by atoms with Gasteiger partial charge in [-0.05, 0) is 44.4 Å². The fourth-order valence-corrected chi connectivity index (χ4v) is 4.04. The van der Waals surface area contributed by atoms with Crippen LogP contribution in [0.1, 0.15) is 67.2 Å². The monoisotopic (exact) mass is 583 g/mol. The molecule has 0 aromatic heterocycles. The molecule has 10 heteroatoms. The Hall–Kier alpha value is -4.26. The molecule has 0 bridgehead atoms. The van der Waals surface area contributed by atoms with Crippen LogP contribution >= 0.6 is 0 Å². The smallest absolute Gasteiger partial charge is 0.404 e. The second-order valence-electron chi connectivity index (χ2n) is 10.9. The standard InChI is InChI=1S/C32H45N3O7/c1-8-9-15-24(41-31(33)39)16-13-20-34-29(37)28(32(4,5)6)35-27(36)19-11-10-14-22(2)21-23(3)25-17-12-18-26(40-7)30(38)42-25/h10-11,13-14,18-21,23-25,28H,12,15-17H2,1-7H3,(H2,33,39)(H,34,37)(H,35,36)/b14-10-,19-11-,20-13-,22-21+/t23-,24-,25-,28?/m0/s1. The van der Waals surface area contributed by atoms with Crippen LogP contribution < -0.4 is 16.4 Å². The highest BCUT2D eigenvalue weighted by Crippen LogP contribution is 2.23. The predicted octanol–water partition coefficient (Wildman–Crippen LogP) is 4.35. The minimum atomic E-state index is -0.893. The van der Waals surface area contributed by atoms with E-state index in [1.54, 1.807) is 31.2 Å². The van der Waals surface area contributed by atoms with Crippen molar-refractivity contribution < 1.29 is 33.4 Å². The summed E-state index contributed by atoms with van der Waals surface area (Å²) >= 11 is 0. The van der Waals surface area contributed by atoms with Crippen molar-refractivity contribution in [3.05, 3.63) is 60.1 Å². The number of allylic oxidation sites excluding steroid dienone is 5. The number of hydrogen-bond acceptors (Lipinski definition) is 7. The molecule has 0 fully saturated rings. The molecule has 0 aliphatic carbocycles. The lowest BCUT2D eigenvalue weighted by Gasteiger charge is -2.29. The predicted molar refractivity (Wildman–Crippen MR) is 161 cm³/mol. The van der Waals surface area contributed by atoms with Crippen LogP contribution in [0.15, 0.2) is 60.1 Å². The van der Waals surface area contributed by atoms with Gasteiger partial charge in [-0.3, -0.25) is 9.59 Å². The van der Waals surface area contributed by atoms with Gasteiger partial charge < -0.3 is 30.6 Å². The number of nitrogens with two attached hydrogens (primary N) is 1. The number of carbonyl (C=O) groups is 4. The molecule has 1 aliphatic heterocycles. The van der Waals surface area contributed by atoms with E-state index in [-0.39, 0.29) is 17.8 Å². The molecule has 0 aromatic carbocycles. The molecule has 3 amide bonds. The average Bonchev–Trinajstić information content (AvgIpc) is 3.10. The Morgan fingerprint density at radius 2 is 1.93 bits per heavy atom. The molecule has 10 nitrogen and oxygen atoms in total. The van der Waals surface area contributed by atoms with Gasteiger partial charge in [-0.1, -0.05) is 69.6 Å². The van der Waals surface area contributed by atoms with Crippen molar-refractivity contribution in [3.63, 3.8) is 0 Å². The molecule has 0 spiro atoms. The first-order chi connectivity index (χ1) is 19.8. The summed E-state index contributed by atoms with van der Waals surface area (Å²) < 4.78 is 15.6. The lowest BCUT2D eigenvalue weighted by molar-refractivity contribution is -0.149. The van der Waals surface area contributed by atoms with Crippen molar-refractivity contribution >= 4 is 23.9 Å². The largest absolute Gasteiger partial charge is 0.490 e. The van der Waals surface area contributed by atoms with Crippen molar-refractivity contribution in [2.45, 2.75) is 85.5 Å². The number of carbonyl (C=O) groups excluding carboxylic acids is 4. The number of hydrogen-bond donors (Lipinski definition) is 3. The van der Waals surface area contributed by atoms with Gasteiger partial charge in [-0.2, -0.15) is 0 Å². The van der Waals surface area contributed by atoms with Gasteiger partial charge in [0.25, 0.3) is 0 Å². The Morgan fingerprint density at radius 3 is 2.55 bits per heavy atom. The topological polar surface area (TPSA) is 146 Å². The third-order valence-corrected chi connectivity index (χ3v) is 6.24. The normalized spacial score (nSPS) is 18.3. The molecule has 230 valence electrons. The van der Waals surface area contributed by atoms with E-state index < -0.39 is 41.4 Å². The fraction of sp³-hybridized carbons (Fsp3) is 0.500. The molecule has 4 N–H and O–H groups in total. The Labute approximate surface area is 249 Å². The number of esters is 1. The molecule has 0 saturated carbocycles. The van der Waals surface area contributed by atoms with Gasteiger partial charge in [0.1, 0.15) is 18.2 Å². The maximum Gasteiger partial charge on any atom is 0.404 e. The van der Waals surface area contributed by atoms with E-state index in [2.05, 4.69) is 22.5 Å². The summed E-state index contributed by atoms with van der Waals surface area (Å²) in [6, 6.07) is -0.815. The zero-order valence-corrected chi connectivity index (χ0v) is 25.7. The molecule has 1 heterocycles. The summed E-state index contributed by atoms with van der Waals surface area (Å²) in [5.41, 5.74) is 5.47. The summed E-state index contributed by atoms with van der Waals surface area (Å²) in [5.74, 6) is 4.51. The number of nitrogens with one attached hydrogen (secondary N) is 2. The maximum absolute atomic E-state index is 12.9. The van der Waals surface area contributed by atoms with Gasteiger partial charge in [-0.25, -0.2) is 9.59 Å². The van der Waals surface area contributed by atoms with Gasteiger partial charge >= 0.3 is 12.1 Å². The zero-order valence-electron chi connectivity index (χ0n) is 25.7. The molecule has 42 heavy (non-hydrogen) atoms. The number of amides is 3. The van der Waals surface area contributed by atoms with Gasteiger partial charge in [0.2, 0.25) is 11.8 Å². The first-order valence-electron chi connectivity index (χ1n) is 13.9. The van der Waals surface area contributed by atoms with Gasteiger partial charge in [0, 0.05) is 24.8 Å². The summed E-state index contributed by atoms with van der Waals surface area (Å²) in [6.45, 7) is 11.1. The van der Waals surface area contributed by atoms with E-state index in [9.17, 15) is 19.2 Å². The van der Waals surface area contributed by atoms with E-state index >= 15 is 0 Å². The van der Waals surface area contributed by atoms with Crippen molar-refractivity contribution in [1.82, 2.24) is 10.6 Å². The second-order valence-corrected chi connectivity index (χ2v) is 10.9. The SMILES string of the molecule is CC#CC[C@@H](C/C=C\NC(=O)C(NC(=O)\C=C/C=C\C(C)=C\[C@H](C)[C@@H]1CCC=C(OC)C(=O)O1)C(C)(C)C)OC(N)=O. The minimum Gasteiger partial charge on any atom is -0.490 e. The second kappa shape index (κ2) is 18.2. The summed E-state index contributed by atoms with van der Waals surface area (Å²) in [5, 5.41) is 5.42. The van der Waals surface area contributed by atoms with Crippen LogP contribution in [-0.2, 0) is 28.6 Å². The number of methoxy groups -OCH3 is 1. The van der Waals surface area contributed by atoms with E-state index in [1.165, 1.54) is 19.4 Å². The number of primary amides is 1. The molecule has 1 unspecified atom stereocenters.